The van der Waals surface area contributed by atoms with Crippen LogP contribution in [0.3, 0.4) is 0 Å². The summed E-state index contributed by atoms with van der Waals surface area (Å²) in [5.74, 6) is 2.11. The van der Waals surface area contributed by atoms with Crippen molar-refractivity contribution in [1.29, 1.82) is 0 Å². The highest BCUT2D eigenvalue weighted by Crippen LogP contribution is 2.29. The standard InChI is InChI=1S/C24H31FN2.C4H10/c1-19-2-4-20(5-3-19)16-27-13-10-21(18-27)17-26-14-11-23(12-15-26)22-6-8-24(25)9-7-22;1-4(2)3/h2-9,21,23H,10-18H2,1H3;4H,1-3H3. The molecule has 0 radical (unpaired) electrons. The highest BCUT2D eigenvalue weighted by atomic mass is 19.1. The minimum atomic E-state index is -0.132. The van der Waals surface area contributed by atoms with Crippen molar-refractivity contribution >= 4 is 0 Å². The molecule has 3 heteroatoms. The van der Waals surface area contributed by atoms with Gasteiger partial charge in [-0.25, -0.2) is 4.39 Å². The smallest absolute Gasteiger partial charge is 0.123 e. The number of benzene rings is 2. The van der Waals surface area contributed by atoms with E-state index < -0.39 is 0 Å². The van der Waals surface area contributed by atoms with Gasteiger partial charge in [0.15, 0.2) is 0 Å². The molecule has 0 aliphatic carbocycles. The molecule has 0 N–H and O–H groups in total. The zero-order valence-corrected chi connectivity index (χ0v) is 20.0. The number of hydrogen-bond acceptors (Lipinski definition) is 2. The topological polar surface area (TPSA) is 6.48 Å². The minimum Gasteiger partial charge on any atom is -0.303 e. The SMILES string of the molecule is CC(C)C.Cc1ccc(CN2CCC(CN3CCC(c4ccc(F)cc4)CC3)C2)cc1. The quantitative estimate of drug-likeness (QED) is 0.541. The van der Waals surface area contributed by atoms with Crippen molar-refractivity contribution in [3.8, 4) is 0 Å². The fourth-order valence-electron chi connectivity index (χ4n) is 4.71. The van der Waals surface area contributed by atoms with E-state index in [0.29, 0.717) is 5.92 Å². The Morgan fingerprint density at radius 3 is 2.03 bits per heavy atom. The fraction of sp³-hybridized carbons (Fsp3) is 0.571. The van der Waals surface area contributed by atoms with Crippen LogP contribution in [0.15, 0.2) is 48.5 Å². The van der Waals surface area contributed by atoms with Crippen LogP contribution in [-0.2, 0) is 6.54 Å². The largest absolute Gasteiger partial charge is 0.303 e. The summed E-state index contributed by atoms with van der Waals surface area (Å²) in [5.41, 5.74) is 4.07. The van der Waals surface area contributed by atoms with Crippen molar-refractivity contribution in [3.05, 3.63) is 71.0 Å². The third-order valence-corrected chi connectivity index (χ3v) is 6.34. The van der Waals surface area contributed by atoms with Gasteiger partial charge in [0.2, 0.25) is 0 Å². The lowest BCUT2D eigenvalue weighted by molar-refractivity contribution is 0.181. The van der Waals surface area contributed by atoms with Crippen LogP contribution in [0.4, 0.5) is 4.39 Å². The van der Waals surface area contributed by atoms with E-state index in [9.17, 15) is 4.39 Å². The average molecular weight is 425 g/mol. The van der Waals surface area contributed by atoms with Crippen LogP contribution in [0.5, 0.6) is 0 Å². The van der Waals surface area contributed by atoms with Crippen molar-refractivity contribution < 1.29 is 4.39 Å². The molecule has 0 saturated carbocycles. The van der Waals surface area contributed by atoms with E-state index in [1.54, 1.807) is 12.1 Å². The van der Waals surface area contributed by atoms with Gasteiger partial charge >= 0.3 is 0 Å². The number of halogens is 1. The summed E-state index contributed by atoms with van der Waals surface area (Å²) in [5, 5.41) is 0. The van der Waals surface area contributed by atoms with Crippen molar-refractivity contribution in [3.63, 3.8) is 0 Å². The molecule has 0 spiro atoms. The van der Waals surface area contributed by atoms with Gasteiger partial charge < -0.3 is 4.90 Å². The van der Waals surface area contributed by atoms with Crippen molar-refractivity contribution in [2.24, 2.45) is 11.8 Å². The summed E-state index contributed by atoms with van der Waals surface area (Å²) in [6, 6.07) is 16.1. The van der Waals surface area contributed by atoms with Gasteiger partial charge in [0.1, 0.15) is 5.82 Å². The van der Waals surface area contributed by atoms with Crippen molar-refractivity contribution in [2.75, 3.05) is 32.7 Å². The lowest BCUT2D eigenvalue weighted by Gasteiger charge is -2.33. The maximum Gasteiger partial charge on any atom is 0.123 e. The van der Waals surface area contributed by atoms with Crippen LogP contribution in [0.25, 0.3) is 0 Å². The molecule has 2 aromatic carbocycles. The third-order valence-electron chi connectivity index (χ3n) is 6.34. The van der Waals surface area contributed by atoms with E-state index >= 15 is 0 Å². The molecule has 2 heterocycles. The summed E-state index contributed by atoms with van der Waals surface area (Å²) in [6.45, 7) is 15.8. The summed E-state index contributed by atoms with van der Waals surface area (Å²) < 4.78 is 13.1. The lowest BCUT2D eigenvalue weighted by Crippen LogP contribution is -2.37. The zero-order valence-electron chi connectivity index (χ0n) is 20.0. The second-order valence-electron chi connectivity index (χ2n) is 10.2. The Labute approximate surface area is 189 Å². The van der Waals surface area contributed by atoms with Crippen LogP contribution in [0.1, 0.15) is 62.6 Å². The molecule has 0 bridgehead atoms. The van der Waals surface area contributed by atoms with Crippen molar-refractivity contribution in [2.45, 2.75) is 59.4 Å². The number of hydrogen-bond donors (Lipinski definition) is 0. The molecule has 0 amide bonds. The second-order valence-corrected chi connectivity index (χ2v) is 10.2. The fourth-order valence-corrected chi connectivity index (χ4v) is 4.71. The average Bonchev–Trinajstić information content (AvgIpc) is 3.17. The van der Waals surface area contributed by atoms with Crippen LogP contribution >= 0.6 is 0 Å². The Morgan fingerprint density at radius 2 is 1.42 bits per heavy atom. The molecule has 4 rings (SSSR count). The normalized spacial score (nSPS) is 20.6. The number of aryl methyl sites for hydroxylation is 1. The van der Waals surface area contributed by atoms with Gasteiger partial charge in [-0.15, -0.1) is 0 Å². The van der Waals surface area contributed by atoms with Crippen LogP contribution in [-0.4, -0.2) is 42.5 Å². The highest BCUT2D eigenvalue weighted by molar-refractivity contribution is 5.22. The first-order valence-corrected chi connectivity index (χ1v) is 12.1. The Kier molecular flexibility index (Phi) is 9.10. The number of rotatable bonds is 5. The molecule has 2 fully saturated rings. The first-order valence-electron chi connectivity index (χ1n) is 12.1. The van der Waals surface area contributed by atoms with Crippen LogP contribution < -0.4 is 0 Å². The summed E-state index contributed by atoms with van der Waals surface area (Å²) in [4.78, 5) is 5.26. The molecule has 2 aliphatic heterocycles. The van der Waals surface area contributed by atoms with Gasteiger partial charge in [0.05, 0.1) is 0 Å². The van der Waals surface area contributed by atoms with E-state index in [1.165, 1.54) is 68.7 Å². The predicted octanol–water partition coefficient (Wildman–Crippen LogP) is 6.50. The van der Waals surface area contributed by atoms with E-state index in [-0.39, 0.29) is 5.82 Å². The molecule has 170 valence electrons. The van der Waals surface area contributed by atoms with Gasteiger partial charge in [0.25, 0.3) is 0 Å². The summed E-state index contributed by atoms with van der Waals surface area (Å²) >= 11 is 0. The molecule has 1 unspecified atom stereocenters. The van der Waals surface area contributed by atoms with Crippen LogP contribution in [0.2, 0.25) is 0 Å². The van der Waals surface area contributed by atoms with Gasteiger partial charge in [-0.2, -0.15) is 0 Å². The first kappa shape index (κ1) is 23.9. The monoisotopic (exact) mass is 424 g/mol. The van der Waals surface area contributed by atoms with Crippen molar-refractivity contribution in [1.82, 2.24) is 9.80 Å². The molecule has 1 atom stereocenters. The van der Waals surface area contributed by atoms with E-state index in [4.69, 9.17) is 0 Å². The van der Waals surface area contributed by atoms with E-state index in [0.717, 1.165) is 18.4 Å². The Morgan fingerprint density at radius 1 is 0.839 bits per heavy atom. The van der Waals surface area contributed by atoms with Gasteiger partial charge in [0, 0.05) is 19.6 Å². The first-order chi connectivity index (χ1) is 14.9. The maximum atomic E-state index is 13.1. The molecule has 31 heavy (non-hydrogen) atoms. The summed E-state index contributed by atoms with van der Waals surface area (Å²) in [6.07, 6.45) is 3.72. The lowest BCUT2D eigenvalue weighted by atomic mass is 9.89. The maximum absolute atomic E-state index is 13.1. The zero-order chi connectivity index (χ0) is 22.2. The molecule has 2 nitrogen and oxygen atoms in total. The molecular formula is C28H41FN2. The summed E-state index contributed by atoms with van der Waals surface area (Å²) in [7, 11) is 0. The molecular weight excluding hydrogens is 383 g/mol. The number of nitrogens with zero attached hydrogens (tertiary/aromatic N) is 2. The Balaban J connectivity index is 0.000000628. The van der Waals surface area contributed by atoms with E-state index in [2.05, 4.69) is 61.8 Å². The molecule has 2 aromatic rings. The molecule has 2 saturated heterocycles. The molecule has 2 aliphatic rings. The predicted molar refractivity (Wildman–Crippen MR) is 130 cm³/mol. The number of piperidine rings is 1. The van der Waals surface area contributed by atoms with Gasteiger partial charge in [-0.3, -0.25) is 4.90 Å². The van der Waals surface area contributed by atoms with E-state index in [1.807, 2.05) is 12.1 Å². The minimum absolute atomic E-state index is 0.132. The Bertz CT molecular complexity index is 758. The Hall–Kier alpha value is -1.71. The highest BCUT2D eigenvalue weighted by Gasteiger charge is 2.27. The third kappa shape index (κ3) is 8.05. The van der Waals surface area contributed by atoms with Crippen LogP contribution in [0, 0.1) is 24.6 Å². The second kappa shape index (κ2) is 11.8. The van der Waals surface area contributed by atoms with Gasteiger partial charge in [-0.05, 0) is 86.8 Å². The van der Waals surface area contributed by atoms with Gasteiger partial charge in [-0.1, -0.05) is 62.7 Å². The number of likely N-dealkylation sites (tertiary alicyclic amines) is 2. The molecule has 0 aromatic heterocycles.